The molecule has 0 aliphatic rings. The molecule has 0 fully saturated rings. The number of nitrogens with one attached hydrogen (secondary N) is 2. The van der Waals surface area contributed by atoms with E-state index in [0.717, 1.165) is 13.0 Å². The fraction of sp³-hybridized carbons (Fsp3) is 0.714. The number of anilines is 1. The van der Waals surface area contributed by atoms with E-state index in [2.05, 4.69) is 22.7 Å². The fourth-order valence-electron chi connectivity index (χ4n) is 2.15. The zero-order chi connectivity index (χ0) is 15.2. The van der Waals surface area contributed by atoms with Crippen LogP contribution in [0, 0.1) is 5.41 Å². The van der Waals surface area contributed by atoms with Gasteiger partial charge in [-0.2, -0.15) is 5.10 Å². The lowest BCUT2D eigenvalue weighted by molar-refractivity contribution is 0.129. The Morgan fingerprint density at radius 3 is 2.85 bits per heavy atom. The van der Waals surface area contributed by atoms with Gasteiger partial charge >= 0.3 is 6.03 Å². The van der Waals surface area contributed by atoms with E-state index in [-0.39, 0.29) is 17.6 Å². The number of urea groups is 1. The lowest BCUT2D eigenvalue weighted by Crippen LogP contribution is -2.38. The first-order chi connectivity index (χ1) is 9.32. The number of aryl methyl sites for hydroxylation is 1. The molecule has 0 aliphatic heterocycles. The van der Waals surface area contributed by atoms with Crippen molar-refractivity contribution in [2.75, 3.05) is 11.9 Å². The van der Waals surface area contributed by atoms with Crippen LogP contribution in [0.4, 0.5) is 10.5 Å². The maximum Gasteiger partial charge on any atom is 0.319 e. The van der Waals surface area contributed by atoms with Gasteiger partial charge in [-0.25, -0.2) is 4.79 Å². The van der Waals surface area contributed by atoms with Crippen LogP contribution in [0.1, 0.15) is 40.5 Å². The summed E-state index contributed by atoms with van der Waals surface area (Å²) >= 11 is 0. The molecule has 6 heteroatoms. The molecular formula is C14H26N4O2. The van der Waals surface area contributed by atoms with E-state index in [1.54, 1.807) is 17.8 Å². The highest BCUT2D eigenvalue weighted by Crippen LogP contribution is 2.21. The van der Waals surface area contributed by atoms with Crippen LogP contribution >= 0.6 is 0 Å². The van der Waals surface area contributed by atoms with Crippen molar-refractivity contribution in [2.45, 2.75) is 53.2 Å². The molecule has 1 aromatic rings. The topological polar surface area (TPSA) is 79.2 Å². The third kappa shape index (κ3) is 6.06. The first-order valence-electron chi connectivity index (χ1n) is 7.08. The van der Waals surface area contributed by atoms with Gasteiger partial charge in [0.05, 0.1) is 18.0 Å². The highest BCUT2D eigenvalue weighted by atomic mass is 16.3. The molecule has 0 radical (unpaired) electrons. The Hall–Kier alpha value is -1.56. The molecule has 0 spiro atoms. The van der Waals surface area contributed by atoms with Gasteiger partial charge in [-0.3, -0.25) is 4.68 Å². The number of nitrogens with zero attached hydrogens (tertiary/aromatic N) is 2. The number of amides is 2. The zero-order valence-electron chi connectivity index (χ0n) is 12.8. The monoisotopic (exact) mass is 282 g/mol. The minimum absolute atomic E-state index is 0.141. The maximum absolute atomic E-state index is 11.8. The number of hydrogen-bond donors (Lipinski definition) is 3. The number of aliphatic hydroxyl groups is 1. The molecule has 1 aromatic heterocycles. The number of carbonyl (C=O) groups excluding carboxylic acids is 1. The van der Waals surface area contributed by atoms with Crippen molar-refractivity contribution in [3.8, 4) is 0 Å². The summed E-state index contributed by atoms with van der Waals surface area (Å²) in [6, 6.07) is -0.250. The molecule has 1 unspecified atom stereocenters. The van der Waals surface area contributed by atoms with Gasteiger partial charge in [-0.15, -0.1) is 0 Å². The van der Waals surface area contributed by atoms with Gasteiger partial charge in [0.15, 0.2) is 0 Å². The summed E-state index contributed by atoms with van der Waals surface area (Å²) in [5.41, 5.74) is 0.544. The average Bonchev–Trinajstić information content (AvgIpc) is 2.73. The van der Waals surface area contributed by atoms with Crippen molar-refractivity contribution in [2.24, 2.45) is 5.41 Å². The molecule has 114 valence electrons. The quantitative estimate of drug-likeness (QED) is 0.717. The van der Waals surface area contributed by atoms with Gasteiger partial charge in [0.2, 0.25) is 0 Å². The van der Waals surface area contributed by atoms with Gasteiger partial charge in [-0.1, -0.05) is 20.8 Å². The fourth-order valence-corrected chi connectivity index (χ4v) is 2.15. The number of hydrogen-bond acceptors (Lipinski definition) is 3. The minimum atomic E-state index is -0.373. The van der Waals surface area contributed by atoms with Crippen molar-refractivity contribution in [1.82, 2.24) is 15.1 Å². The molecule has 2 amide bonds. The molecule has 0 aliphatic carbocycles. The lowest BCUT2D eigenvalue weighted by Gasteiger charge is -2.26. The molecule has 3 N–H and O–H groups in total. The number of rotatable bonds is 7. The van der Waals surface area contributed by atoms with Crippen molar-refractivity contribution in [3.63, 3.8) is 0 Å². The second-order valence-corrected chi connectivity index (χ2v) is 6.02. The number of aliphatic hydroxyl groups excluding tert-OH is 1. The third-order valence-corrected chi connectivity index (χ3v) is 2.92. The van der Waals surface area contributed by atoms with Crippen LogP contribution in [0.3, 0.4) is 0 Å². The second-order valence-electron chi connectivity index (χ2n) is 6.02. The molecule has 20 heavy (non-hydrogen) atoms. The standard InChI is InChI=1S/C14H26N4O2/c1-5-6-18-9-12(8-16-18)17-13(20)15-10-14(3,4)7-11(2)19/h8-9,11,19H,5-7,10H2,1-4H3,(H2,15,17,20). The van der Waals surface area contributed by atoms with Gasteiger partial charge in [0.1, 0.15) is 0 Å². The molecule has 6 nitrogen and oxygen atoms in total. The van der Waals surface area contributed by atoms with Crippen molar-refractivity contribution in [3.05, 3.63) is 12.4 Å². The summed E-state index contributed by atoms with van der Waals surface area (Å²) in [6.07, 6.45) is 4.71. The van der Waals surface area contributed by atoms with E-state index in [1.165, 1.54) is 0 Å². The van der Waals surface area contributed by atoms with E-state index >= 15 is 0 Å². The first-order valence-corrected chi connectivity index (χ1v) is 7.08. The molecule has 0 saturated heterocycles. The van der Waals surface area contributed by atoms with Crippen LogP contribution in [0.15, 0.2) is 12.4 Å². The number of aromatic nitrogens is 2. The minimum Gasteiger partial charge on any atom is -0.393 e. The Morgan fingerprint density at radius 1 is 1.55 bits per heavy atom. The van der Waals surface area contributed by atoms with Gasteiger partial charge in [0, 0.05) is 19.3 Å². The van der Waals surface area contributed by atoms with E-state index in [1.807, 2.05) is 20.0 Å². The van der Waals surface area contributed by atoms with Crippen LogP contribution in [-0.2, 0) is 6.54 Å². The predicted octanol–water partition coefficient (Wildman–Crippen LogP) is 2.21. The normalized spacial score (nSPS) is 13.1. The van der Waals surface area contributed by atoms with Gasteiger partial charge in [0.25, 0.3) is 0 Å². The Balaban J connectivity index is 2.39. The molecule has 1 heterocycles. The van der Waals surface area contributed by atoms with Gasteiger partial charge < -0.3 is 15.7 Å². The van der Waals surface area contributed by atoms with E-state index in [9.17, 15) is 9.90 Å². The molecule has 0 bridgehead atoms. The van der Waals surface area contributed by atoms with Crippen LogP contribution in [0.2, 0.25) is 0 Å². The summed E-state index contributed by atoms with van der Waals surface area (Å²) in [5.74, 6) is 0. The summed E-state index contributed by atoms with van der Waals surface area (Å²) in [7, 11) is 0. The Bertz CT molecular complexity index is 427. The number of carbonyl (C=O) groups is 1. The lowest BCUT2D eigenvalue weighted by atomic mass is 9.87. The first kappa shape index (κ1) is 16.5. The van der Waals surface area contributed by atoms with Crippen LogP contribution in [0.5, 0.6) is 0 Å². The molecule has 0 saturated carbocycles. The molecule has 1 atom stereocenters. The molecule has 0 aromatic carbocycles. The van der Waals surface area contributed by atoms with Crippen molar-refractivity contribution < 1.29 is 9.90 Å². The van der Waals surface area contributed by atoms with E-state index < -0.39 is 0 Å². The Labute approximate surface area is 120 Å². The smallest absolute Gasteiger partial charge is 0.319 e. The highest BCUT2D eigenvalue weighted by Gasteiger charge is 2.21. The van der Waals surface area contributed by atoms with Gasteiger partial charge in [-0.05, 0) is 25.2 Å². The third-order valence-electron chi connectivity index (χ3n) is 2.92. The molecule has 1 rings (SSSR count). The Morgan fingerprint density at radius 2 is 2.25 bits per heavy atom. The second kappa shape index (κ2) is 7.28. The van der Waals surface area contributed by atoms with E-state index in [4.69, 9.17) is 0 Å². The van der Waals surface area contributed by atoms with Crippen LogP contribution in [-0.4, -0.2) is 33.6 Å². The largest absolute Gasteiger partial charge is 0.393 e. The SMILES string of the molecule is CCCn1cc(NC(=O)NCC(C)(C)CC(C)O)cn1. The summed E-state index contributed by atoms with van der Waals surface area (Å²) in [6.45, 7) is 9.20. The Kier molecular flexibility index (Phi) is 6.01. The summed E-state index contributed by atoms with van der Waals surface area (Å²) < 4.78 is 1.80. The van der Waals surface area contributed by atoms with Crippen molar-refractivity contribution >= 4 is 11.7 Å². The maximum atomic E-state index is 11.8. The average molecular weight is 282 g/mol. The predicted molar refractivity (Wildman–Crippen MR) is 79.6 cm³/mol. The zero-order valence-corrected chi connectivity index (χ0v) is 12.8. The van der Waals surface area contributed by atoms with Crippen molar-refractivity contribution in [1.29, 1.82) is 0 Å². The van der Waals surface area contributed by atoms with E-state index in [0.29, 0.717) is 18.7 Å². The summed E-state index contributed by atoms with van der Waals surface area (Å²) in [5, 5.41) is 19.1. The molecular weight excluding hydrogens is 256 g/mol. The van der Waals surface area contributed by atoms with Crippen LogP contribution < -0.4 is 10.6 Å². The summed E-state index contributed by atoms with van der Waals surface area (Å²) in [4.78, 5) is 11.8. The highest BCUT2D eigenvalue weighted by molar-refractivity contribution is 5.88. The van der Waals surface area contributed by atoms with Crippen LogP contribution in [0.25, 0.3) is 0 Å².